The fourth-order valence-corrected chi connectivity index (χ4v) is 3.16. The zero-order chi connectivity index (χ0) is 21.7. The summed E-state index contributed by atoms with van der Waals surface area (Å²) in [6.07, 6.45) is 1.42. The summed E-state index contributed by atoms with van der Waals surface area (Å²) in [5.74, 6) is -0.835. The SMILES string of the molecule is C[C@H](NC(=O)c1cccc([N+](=O)[O-])c1)C(=O)NCc1ccc(N2CCCC2=O)cc1. The summed E-state index contributed by atoms with van der Waals surface area (Å²) in [5, 5.41) is 16.1. The van der Waals surface area contributed by atoms with Gasteiger partial charge in [-0.1, -0.05) is 18.2 Å². The highest BCUT2D eigenvalue weighted by Crippen LogP contribution is 2.21. The Kier molecular flexibility index (Phi) is 6.41. The number of nitro groups is 1. The van der Waals surface area contributed by atoms with Crippen molar-refractivity contribution in [2.75, 3.05) is 11.4 Å². The summed E-state index contributed by atoms with van der Waals surface area (Å²) in [5.41, 5.74) is 1.61. The minimum absolute atomic E-state index is 0.107. The molecule has 2 N–H and O–H groups in total. The molecule has 2 aromatic carbocycles. The van der Waals surface area contributed by atoms with Gasteiger partial charge >= 0.3 is 0 Å². The number of carbonyl (C=O) groups excluding carboxylic acids is 3. The molecule has 2 aromatic rings. The summed E-state index contributed by atoms with van der Waals surface area (Å²) in [6, 6.07) is 11.9. The number of hydrogen-bond acceptors (Lipinski definition) is 5. The highest BCUT2D eigenvalue weighted by molar-refractivity contribution is 5.98. The predicted octanol–water partition coefficient (Wildman–Crippen LogP) is 2.16. The van der Waals surface area contributed by atoms with E-state index in [-0.39, 0.29) is 29.6 Å². The lowest BCUT2D eigenvalue weighted by Gasteiger charge is -2.17. The van der Waals surface area contributed by atoms with Gasteiger partial charge in [-0.25, -0.2) is 0 Å². The number of rotatable bonds is 7. The van der Waals surface area contributed by atoms with Crippen LogP contribution in [0.5, 0.6) is 0 Å². The average molecular weight is 410 g/mol. The number of hydrogen-bond donors (Lipinski definition) is 2. The fourth-order valence-electron chi connectivity index (χ4n) is 3.16. The van der Waals surface area contributed by atoms with Gasteiger partial charge in [-0.05, 0) is 37.1 Å². The van der Waals surface area contributed by atoms with Crippen molar-refractivity contribution in [2.45, 2.75) is 32.4 Å². The van der Waals surface area contributed by atoms with E-state index < -0.39 is 16.9 Å². The van der Waals surface area contributed by atoms with E-state index in [1.165, 1.54) is 25.1 Å². The number of nitro benzene ring substituents is 1. The van der Waals surface area contributed by atoms with E-state index in [0.717, 1.165) is 30.3 Å². The van der Waals surface area contributed by atoms with Gasteiger partial charge in [0, 0.05) is 42.9 Å². The van der Waals surface area contributed by atoms with Gasteiger partial charge in [0.2, 0.25) is 11.8 Å². The van der Waals surface area contributed by atoms with Crippen LogP contribution in [-0.4, -0.2) is 35.2 Å². The summed E-state index contributed by atoms with van der Waals surface area (Å²) < 4.78 is 0. The first kappa shape index (κ1) is 21.0. The predicted molar refractivity (Wildman–Crippen MR) is 110 cm³/mol. The Bertz CT molecular complexity index is 974. The molecule has 3 amide bonds. The molecule has 0 radical (unpaired) electrons. The molecule has 1 atom stereocenters. The lowest BCUT2D eigenvalue weighted by molar-refractivity contribution is -0.384. The van der Waals surface area contributed by atoms with Crippen LogP contribution in [0.3, 0.4) is 0 Å². The Hall–Kier alpha value is -3.75. The first-order chi connectivity index (χ1) is 14.3. The Labute approximate surface area is 173 Å². The van der Waals surface area contributed by atoms with Crippen LogP contribution in [-0.2, 0) is 16.1 Å². The van der Waals surface area contributed by atoms with Crippen molar-refractivity contribution in [2.24, 2.45) is 0 Å². The van der Waals surface area contributed by atoms with E-state index in [0.29, 0.717) is 6.42 Å². The number of nitrogens with one attached hydrogen (secondary N) is 2. The van der Waals surface area contributed by atoms with Gasteiger partial charge in [0.05, 0.1) is 4.92 Å². The second-order valence-corrected chi connectivity index (χ2v) is 7.04. The molecule has 30 heavy (non-hydrogen) atoms. The minimum atomic E-state index is -0.821. The maximum Gasteiger partial charge on any atom is 0.270 e. The lowest BCUT2D eigenvalue weighted by Crippen LogP contribution is -2.44. The van der Waals surface area contributed by atoms with Crippen LogP contribution < -0.4 is 15.5 Å². The molecule has 0 aliphatic carbocycles. The standard InChI is InChI=1S/C21H22N4O5/c1-14(23-21(28)16-4-2-5-18(12-16)25(29)30)20(27)22-13-15-7-9-17(10-8-15)24-11-3-6-19(24)26/h2,4-5,7-10,12,14H,3,6,11,13H2,1H3,(H,22,27)(H,23,28)/t14-/m0/s1. The molecule has 1 aliphatic rings. The summed E-state index contributed by atoms with van der Waals surface area (Å²) in [4.78, 5) is 48.3. The van der Waals surface area contributed by atoms with Crippen molar-refractivity contribution >= 4 is 29.1 Å². The van der Waals surface area contributed by atoms with Crippen LogP contribution in [0.25, 0.3) is 0 Å². The van der Waals surface area contributed by atoms with Gasteiger partial charge in [-0.3, -0.25) is 24.5 Å². The summed E-state index contributed by atoms with van der Waals surface area (Å²) in [7, 11) is 0. The summed E-state index contributed by atoms with van der Waals surface area (Å²) >= 11 is 0. The third-order valence-corrected chi connectivity index (χ3v) is 4.85. The minimum Gasteiger partial charge on any atom is -0.350 e. The van der Waals surface area contributed by atoms with Gasteiger partial charge in [0.25, 0.3) is 11.6 Å². The maximum absolute atomic E-state index is 12.3. The van der Waals surface area contributed by atoms with E-state index in [1.807, 2.05) is 24.3 Å². The first-order valence-electron chi connectivity index (χ1n) is 9.57. The second-order valence-electron chi connectivity index (χ2n) is 7.04. The molecule has 1 heterocycles. The molecule has 0 unspecified atom stereocenters. The van der Waals surface area contributed by atoms with E-state index in [4.69, 9.17) is 0 Å². The fraction of sp³-hybridized carbons (Fsp3) is 0.286. The number of benzene rings is 2. The number of nitrogens with zero attached hydrogens (tertiary/aromatic N) is 2. The van der Waals surface area contributed by atoms with Crippen LogP contribution in [0, 0.1) is 10.1 Å². The number of non-ortho nitro benzene ring substituents is 1. The van der Waals surface area contributed by atoms with E-state index >= 15 is 0 Å². The third kappa shape index (κ3) is 4.99. The van der Waals surface area contributed by atoms with Crippen LogP contribution in [0.2, 0.25) is 0 Å². The molecule has 0 aromatic heterocycles. The molecular weight excluding hydrogens is 388 g/mol. The van der Waals surface area contributed by atoms with Crippen molar-refractivity contribution in [3.05, 3.63) is 69.8 Å². The van der Waals surface area contributed by atoms with E-state index in [9.17, 15) is 24.5 Å². The lowest BCUT2D eigenvalue weighted by atomic mass is 10.1. The first-order valence-corrected chi connectivity index (χ1v) is 9.57. The van der Waals surface area contributed by atoms with Crippen molar-refractivity contribution in [3.8, 4) is 0 Å². The molecule has 3 rings (SSSR count). The second kappa shape index (κ2) is 9.17. The van der Waals surface area contributed by atoms with Crippen molar-refractivity contribution in [1.29, 1.82) is 0 Å². The smallest absolute Gasteiger partial charge is 0.270 e. The largest absolute Gasteiger partial charge is 0.350 e. The molecule has 0 spiro atoms. The highest BCUT2D eigenvalue weighted by Gasteiger charge is 2.21. The molecule has 0 bridgehead atoms. The molecular formula is C21H22N4O5. The van der Waals surface area contributed by atoms with E-state index in [2.05, 4.69) is 10.6 Å². The zero-order valence-electron chi connectivity index (χ0n) is 16.5. The van der Waals surface area contributed by atoms with Gasteiger partial charge < -0.3 is 15.5 Å². The topological polar surface area (TPSA) is 122 Å². The molecule has 9 nitrogen and oxygen atoms in total. The van der Waals surface area contributed by atoms with Gasteiger partial charge in [-0.15, -0.1) is 0 Å². The maximum atomic E-state index is 12.3. The third-order valence-electron chi connectivity index (χ3n) is 4.85. The van der Waals surface area contributed by atoms with E-state index in [1.54, 1.807) is 4.90 Å². The quantitative estimate of drug-likeness (QED) is 0.535. The molecule has 156 valence electrons. The Balaban J connectivity index is 1.52. The molecule has 9 heteroatoms. The number of anilines is 1. The Morgan fingerprint density at radius 1 is 1.20 bits per heavy atom. The monoisotopic (exact) mass is 410 g/mol. The highest BCUT2D eigenvalue weighted by atomic mass is 16.6. The van der Waals surface area contributed by atoms with Crippen molar-refractivity contribution in [1.82, 2.24) is 10.6 Å². The molecule has 1 fully saturated rings. The van der Waals surface area contributed by atoms with Gasteiger partial charge in [0.15, 0.2) is 0 Å². The molecule has 0 saturated carbocycles. The average Bonchev–Trinajstić information content (AvgIpc) is 3.18. The van der Waals surface area contributed by atoms with Gasteiger partial charge in [-0.2, -0.15) is 0 Å². The van der Waals surface area contributed by atoms with Crippen LogP contribution in [0.1, 0.15) is 35.7 Å². The number of carbonyl (C=O) groups is 3. The van der Waals surface area contributed by atoms with Crippen LogP contribution in [0.4, 0.5) is 11.4 Å². The normalized spacial score (nSPS) is 14.3. The van der Waals surface area contributed by atoms with Crippen molar-refractivity contribution < 1.29 is 19.3 Å². The Morgan fingerprint density at radius 2 is 1.93 bits per heavy atom. The summed E-state index contributed by atoms with van der Waals surface area (Å²) in [6.45, 7) is 2.52. The zero-order valence-corrected chi connectivity index (χ0v) is 16.5. The molecule has 1 saturated heterocycles. The number of amides is 3. The van der Waals surface area contributed by atoms with Gasteiger partial charge in [0.1, 0.15) is 6.04 Å². The van der Waals surface area contributed by atoms with Crippen LogP contribution in [0.15, 0.2) is 48.5 Å². The molecule has 1 aliphatic heterocycles. The van der Waals surface area contributed by atoms with Crippen LogP contribution >= 0.6 is 0 Å². The van der Waals surface area contributed by atoms with Crippen molar-refractivity contribution in [3.63, 3.8) is 0 Å². The Morgan fingerprint density at radius 3 is 2.57 bits per heavy atom.